The third-order valence-electron chi connectivity index (χ3n) is 1.84. The molecular weight excluding hydrogens is 242 g/mol. The van der Waals surface area contributed by atoms with Gasteiger partial charge in [0.1, 0.15) is 0 Å². The van der Waals surface area contributed by atoms with Crippen molar-refractivity contribution in [3.8, 4) is 0 Å². The molecule has 0 aliphatic carbocycles. The minimum absolute atomic E-state index is 0.0516. The Balaban J connectivity index is 2.39. The zero-order valence-corrected chi connectivity index (χ0v) is 10.1. The van der Waals surface area contributed by atoms with Crippen LogP contribution in [0.4, 0.5) is 4.39 Å². The van der Waals surface area contributed by atoms with Gasteiger partial charge in [0.2, 0.25) is 0 Å². The predicted octanol–water partition coefficient (Wildman–Crippen LogP) is 3.02. The van der Waals surface area contributed by atoms with E-state index in [1.165, 1.54) is 4.46 Å². The van der Waals surface area contributed by atoms with Crippen LogP contribution in [0, 0.1) is 0 Å². The van der Waals surface area contributed by atoms with Gasteiger partial charge in [-0.1, -0.05) is 0 Å². The Morgan fingerprint density at radius 1 is 1.36 bits per heavy atom. The summed E-state index contributed by atoms with van der Waals surface area (Å²) >= 11 is 0.152. The molecule has 14 heavy (non-hydrogen) atoms. The van der Waals surface area contributed by atoms with Crippen LogP contribution < -0.4 is 4.46 Å². The van der Waals surface area contributed by atoms with Gasteiger partial charge in [0, 0.05) is 0 Å². The first-order valence-corrected chi connectivity index (χ1v) is 6.73. The van der Waals surface area contributed by atoms with Gasteiger partial charge in [-0.2, -0.15) is 0 Å². The fourth-order valence-corrected chi connectivity index (χ4v) is 2.50. The molecule has 0 atom stereocenters. The second-order valence-electron chi connectivity index (χ2n) is 3.10. The Bertz CT molecular complexity index is 280. The Hall–Kier alpha value is -0.591. The van der Waals surface area contributed by atoms with Crippen molar-refractivity contribution in [1.29, 1.82) is 0 Å². The molecule has 76 valence electrons. The van der Waals surface area contributed by atoms with Gasteiger partial charge in [0.25, 0.3) is 0 Å². The molecule has 0 amide bonds. The molecule has 1 aromatic rings. The molecule has 0 saturated carbocycles. The van der Waals surface area contributed by atoms with Crippen LogP contribution >= 0.6 is 0 Å². The van der Waals surface area contributed by atoms with Gasteiger partial charge >= 0.3 is 91.1 Å². The molecule has 1 aromatic carbocycles. The van der Waals surface area contributed by atoms with Gasteiger partial charge in [-0.3, -0.25) is 0 Å². The fourth-order valence-electron chi connectivity index (χ4n) is 1.04. The molecule has 0 aliphatic heterocycles. The van der Waals surface area contributed by atoms with Gasteiger partial charge in [-0.05, 0) is 0 Å². The summed E-state index contributed by atoms with van der Waals surface area (Å²) in [6, 6.07) is 10.1. The summed E-state index contributed by atoms with van der Waals surface area (Å²) in [7, 11) is 0. The number of benzene rings is 1. The average molecular weight is 257 g/mol. The van der Waals surface area contributed by atoms with E-state index >= 15 is 0 Å². The van der Waals surface area contributed by atoms with E-state index in [0.717, 1.165) is 12.8 Å². The first-order chi connectivity index (χ1) is 6.83. The third kappa shape index (κ3) is 4.59. The van der Waals surface area contributed by atoms with Crippen molar-refractivity contribution in [2.75, 3.05) is 0 Å². The molecule has 0 nitrogen and oxygen atoms in total. The third-order valence-corrected chi connectivity index (χ3v) is 3.76. The summed E-state index contributed by atoms with van der Waals surface area (Å²) in [5.74, 6) is 0.0516. The number of halogens is 1. The molecule has 0 fully saturated rings. The summed E-state index contributed by atoms with van der Waals surface area (Å²) in [5.41, 5.74) is 0. The van der Waals surface area contributed by atoms with Crippen LogP contribution in [0.5, 0.6) is 0 Å². The zero-order chi connectivity index (χ0) is 10.2. The normalized spacial score (nSPS) is 11.7. The van der Waals surface area contributed by atoms with E-state index in [-0.39, 0.29) is 20.8 Å². The molecule has 0 N–H and O–H groups in total. The molecule has 0 radical (unpaired) electrons. The first kappa shape index (κ1) is 11.5. The standard InChI is InChI=1S/C12H15FSe/c1-2-3-7-11(13)10-14-12-8-5-4-6-9-12/h4-6,8-10H,2-3,7H2,1H3/b11-10+. The first-order valence-electron chi connectivity index (χ1n) is 4.89. The summed E-state index contributed by atoms with van der Waals surface area (Å²) in [6.07, 6.45) is 2.61. The van der Waals surface area contributed by atoms with E-state index in [4.69, 9.17) is 0 Å². The summed E-state index contributed by atoms with van der Waals surface area (Å²) in [4.78, 5) is 1.75. The van der Waals surface area contributed by atoms with Crippen LogP contribution in [-0.2, 0) is 0 Å². The van der Waals surface area contributed by atoms with Gasteiger partial charge in [0.15, 0.2) is 0 Å². The maximum atomic E-state index is 13.2. The number of hydrogen-bond acceptors (Lipinski definition) is 0. The predicted molar refractivity (Wildman–Crippen MR) is 60.5 cm³/mol. The molecule has 0 aliphatic rings. The molecule has 0 unspecified atom stereocenters. The van der Waals surface area contributed by atoms with Crippen LogP contribution in [0.15, 0.2) is 41.1 Å². The topological polar surface area (TPSA) is 0 Å². The van der Waals surface area contributed by atoms with Crippen LogP contribution in [0.1, 0.15) is 26.2 Å². The molecule has 0 aromatic heterocycles. The molecule has 0 spiro atoms. The molecule has 0 heterocycles. The maximum absolute atomic E-state index is 13.2. The van der Waals surface area contributed by atoms with Gasteiger partial charge in [-0.25, -0.2) is 0 Å². The zero-order valence-electron chi connectivity index (χ0n) is 8.37. The Kier molecular flexibility index (Phi) is 5.58. The summed E-state index contributed by atoms with van der Waals surface area (Å²) < 4.78 is 14.4. The summed E-state index contributed by atoms with van der Waals surface area (Å²) in [6.45, 7) is 2.08. The van der Waals surface area contributed by atoms with Crippen molar-refractivity contribution in [2.45, 2.75) is 26.2 Å². The molecule has 2 heteroatoms. The second-order valence-corrected chi connectivity index (χ2v) is 5.08. The van der Waals surface area contributed by atoms with E-state index in [2.05, 4.69) is 6.92 Å². The quantitative estimate of drug-likeness (QED) is 0.711. The van der Waals surface area contributed by atoms with Crippen molar-refractivity contribution in [2.24, 2.45) is 0 Å². The monoisotopic (exact) mass is 258 g/mol. The van der Waals surface area contributed by atoms with Crippen molar-refractivity contribution < 1.29 is 4.39 Å². The second kappa shape index (κ2) is 6.80. The van der Waals surface area contributed by atoms with Crippen molar-refractivity contribution >= 4 is 19.4 Å². The van der Waals surface area contributed by atoms with Crippen LogP contribution in [-0.4, -0.2) is 15.0 Å². The number of hydrogen-bond donors (Lipinski definition) is 0. The molecule has 0 bridgehead atoms. The summed E-state index contributed by atoms with van der Waals surface area (Å²) in [5, 5.41) is 0. The van der Waals surface area contributed by atoms with Crippen LogP contribution in [0.25, 0.3) is 0 Å². The van der Waals surface area contributed by atoms with Gasteiger partial charge < -0.3 is 0 Å². The van der Waals surface area contributed by atoms with E-state index in [0.29, 0.717) is 6.42 Å². The van der Waals surface area contributed by atoms with Crippen LogP contribution in [0.3, 0.4) is 0 Å². The SMILES string of the molecule is CCCC/C(F)=C\[Se]c1ccccc1. The Labute approximate surface area is 91.4 Å². The van der Waals surface area contributed by atoms with E-state index in [1.54, 1.807) is 4.97 Å². The number of allylic oxidation sites excluding steroid dienone is 1. The van der Waals surface area contributed by atoms with E-state index in [1.807, 2.05) is 30.3 Å². The van der Waals surface area contributed by atoms with Gasteiger partial charge in [-0.15, -0.1) is 0 Å². The average Bonchev–Trinajstić information content (AvgIpc) is 2.25. The Morgan fingerprint density at radius 3 is 2.71 bits per heavy atom. The van der Waals surface area contributed by atoms with Crippen molar-refractivity contribution in [3.05, 3.63) is 41.1 Å². The van der Waals surface area contributed by atoms with Crippen molar-refractivity contribution in [1.82, 2.24) is 0 Å². The van der Waals surface area contributed by atoms with Crippen molar-refractivity contribution in [3.63, 3.8) is 0 Å². The molecule has 1 rings (SSSR count). The number of rotatable bonds is 5. The van der Waals surface area contributed by atoms with E-state index in [9.17, 15) is 4.39 Å². The van der Waals surface area contributed by atoms with E-state index < -0.39 is 0 Å². The fraction of sp³-hybridized carbons (Fsp3) is 0.333. The Morgan fingerprint density at radius 2 is 2.07 bits per heavy atom. The minimum atomic E-state index is 0.0516. The van der Waals surface area contributed by atoms with Crippen LogP contribution in [0.2, 0.25) is 0 Å². The molecule has 0 saturated heterocycles. The van der Waals surface area contributed by atoms with Gasteiger partial charge in [0.05, 0.1) is 0 Å². The number of unbranched alkanes of at least 4 members (excludes halogenated alkanes) is 1. The molecular formula is C12H15FSe.